The third kappa shape index (κ3) is 5.83. The second kappa shape index (κ2) is 10.6. The molecule has 0 unspecified atom stereocenters. The topological polar surface area (TPSA) is 49.4 Å². The number of carbonyl (C=O) groups is 2. The number of rotatable bonds is 5. The molecule has 6 heteroatoms. The maximum Gasteiger partial charge on any atom is 0.251 e. The number of hydrogen-bond donors (Lipinski definition) is 1. The molecule has 0 aromatic heterocycles. The molecular formula is C25H29ClN2O2S. The molecule has 0 radical (unpaired) electrons. The zero-order valence-electron chi connectivity index (χ0n) is 17.7. The average molecular weight is 457 g/mol. The predicted octanol–water partition coefficient (Wildman–Crippen LogP) is 5.96. The molecule has 1 N–H and O–H groups in total. The molecule has 164 valence electrons. The van der Waals surface area contributed by atoms with Crippen LogP contribution in [0.2, 0.25) is 5.02 Å². The third-order valence-electron chi connectivity index (χ3n) is 6.13. The van der Waals surface area contributed by atoms with Crippen LogP contribution in [0.3, 0.4) is 0 Å². The summed E-state index contributed by atoms with van der Waals surface area (Å²) < 4.78 is 0. The molecule has 4 nitrogen and oxygen atoms in total. The fourth-order valence-corrected chi connectivity index (χ4v) is 5.67. The van der Waals surface area contributed by atoms with Gasteiger partial charge in [0.25, 0.3) is 5.91 Å². The Balaban J connectivity index is 1.40. The van der Waals surface area contributed by atoms with Crippen LogP contribution in [0.1, 0.15) is 71.8 Å². The summed E-state index contributed by atoms with van der Waals surface area (Å²) in [5, 5.41) is 3.88. The van der Waals surface area contributed by atoms with E-state index in [0.717, 1.165) is 24.0 Å². The van der Waals surface area contributed by atoms with E-state index in [9.17, 15) is 9.59 Å². The Morgan fingerprint density at radius 1 is 0.968 bits per heavy atom. The van der Waals surface area contributed by atoms with E-state index in [1.165, 1.54) is 32.1 Å². The van der Waals surface area contributed by atoms with Gasteiger partial charge in [-0.2, -0.15) is 0 Å². The largest absolute Gasteiger partial charge is 0.349 e. The molecule has 1 saturated carbocycles. The van der Waals surface area contributed by atoms with Gasteiger partial charge in [-0.1, -0.05) is 68.0 Å². The first-order valence-corrected chi connectivity index (χ1v) is 12.6. The minimum absolute atomic E-state index is 0.00490. The molecule has 1 saturated heterocycles. The molecule has 31 heavy (non-hydrogen) atoms. The van der Waals surface area contributed by atoms with E-state index in [-0.39, 0.29) is 23.2 Å². The second-order valence-electron chi connectivity index (χ2n) is 8.45. The zero-order chi connectivity index (χ0) is 21.6. The van der Waals surface area contributed by atoms with Gasteiger partial charge in [-0.25, -0.2) is 0 Å². The lowest BCUT2D eigenvalue weighted by Gasteiger charge is -2.25. The summed E-state index contributed by atoms with van der Waals surface area (Å²) in [5.41, 5.74) is 2.79. The van der Waals surface area contributed by atoms with Gasteiger partial charge in [-0.05, 0) is 48.2 Å². The van der Waals surface area contributed by atoms with Crippen LogP contribution in [0.25, 0.3) is 0 Å². The lowest BCUT2D eigenvalue weighted by atomic mass is 9.96. The van der Waals surface area contributed by atoms with Crippen LogP contribution >= 0.6 is 23.4 Å². The SMILES string of the molecule is O=C(NC1CCCCCCC1)c1ccc([C@@H]2SCC(=O)N2Cc2ccc(Cl)cc2)cc1. The maximum absolute atomic E-state index is 12.7. The summed E-state index contributed by atoms with van der Waals surface area (Å²) in [6.45, 7) is 0.553. The number of benzene rings is 2. The summed E-state index contributed by atoms with van der Waals surface area (Å²) in [6, 6.07) is 15.6. The van der Waals surface area contributed by atoms with Crippen molar-refractivity contribution in [3.63, 3.8) is 0 Å². The van der Waals surface area contributed by atoms with Gasteiger partial charge in [0.1, 0.15) is 5.37 Å². The summed E-state index contributed by atoms with van der Waals surface area (Å²) in [4.78, 5) is 27.1. The predicted molar refractivity (Wildman–Crippen MR) is 127 cm³/mol. The van der Waals surface area contributed by atoms with E-state index in [4.69, 9.17) is 11.6 Å². The van der Waals surface area contributed by atoms with Crippen molar-refractivity contribution in [3.8, 4) is 0 Å². The van der Waals surface area contributed by atoms with Gasteiger partial charge in [0.15, 0.2) is 0 Å². The molecule has 0 bridgehead atoms. The normalized spacial score (nSPS) is 20.4. The van der Waals surface area contributed by atoms with Crippen molar-refractivity contribution < 1.29 is 9.59 Å². The number of hydrogen-bond acceptors (Lipinski definition) is 3. The van der Waals surface area contributed by atoms with Gasteiger partial charge in [0.2, 0.25) is 5.91 Å². The van der Waals surface area contributed by atoms with Gasteiger partial charge < -0.3 is 10.2 Å². The van der Waals surface area contributed by atoms with Crippen molar-refractivity contribution in [2.75, 3.05) is 5.75 Å². The Morgan fingerprint density at radius 3 is 2.29 bits per heavy atom. The number of nitrogens with one attached hydrogen (secondary N) is 1. The zero-order valence-corrected chi connectivity index (χ0v) is 19.3. The quantitative estimate of drug-likeness (QED) is 0.604. The van der Waals surface area contributed by atoms with Crippen LogP contribution in [-0.4, -0.2) is 28.5 Å². The molecule has 2 fully saturated rings. The highest BCUT2D eigenvalue weighted by Gasteiger charge is 2.32. The molecule has 1 aliphatic heterocycles. The lowest BCUT2D eigenvalue weighted by molar-refractivity contribution is -0.128. The van der Waals surface area contributed by atoms with Gasteiger partial charge in [-0.15, -0.1) is 11.8 Å². The Bertz CT molecular complexity index is 893. The molecule has 1 aliphatic carbocycles. The van der Waals surface area contributed by atoms with E-state index in [1.807, 2.05) is 53.4 Å². The van der Waals surface area contributed by atoms with Crippen LogP contribution in [0, 0.1) is 0 Å². The minimum Gasteiger partial charge on any atom is -0.349 e. The fraction of sp³-hybridized carbons (Fsp3) is 0.440. The number of halogens is 1. The highest BCUT2D eigenvalue weighted by Crippen LogP contribution is 2.39. The van der Waals surface area contributed by atoms with E-state index in [1.54, 1.807) is 11.8 Å². The van der Waals surface area contributed by atoms with Gasteiger partial charge in [0, 0.05) is 23.2 Å². The average Bonchev–Trinajstić information content (AvgIpc) is 3.12. The molecule has 1 heterocycles. The van der Waals surface area contributed by atoms with Crippen LogP contribution in [0.15, 0.2) is 48.5 Å². The fourth-order valence-electron chi connectivity index (χ4n) is 4.36. The number of thioether (sulfide) groups is 1. The van der Waals surface area contributed by atoms with Crippen molar-refractivity contribution in [1.29, 1.82) is 0 Å². The van der Waals surface area contributed by atoms with Crippen molar-refractivity contribution in [2.24, 2.45) is 0 Å². The van der Waals surface area contributed by atoms with Crippen LogP contribution in [0.5, 0.6) is 0 Å². The molecule has 2 aliphatic rings. The Morgan fingerprint density at radius 2 is 1.61 bits per heavy atom. The van der Waals surface area contributed by atoms with E-state index < -0.39 is 0 Å². The van der Waals surface area contributed by atoms with E-state index in [0.29, 0.717) is 22.9 Å². The lowest BCUT2D eigenvalue weighted by Crippen LogP contribution is -2.35. The molecule has 2 amide bonds. The highest BCUT2D eigenvalue weighted by atomic mass is 35.5. The molecule has 4 rings (SSSR count). The molecule has 2 aromatic carbocycles. The van der Waals surface area contributed by atoms with Crippen LogP contribution in [0.4, 0.5) is 0 Å². The second-order valence-corrected chi connectivity index (χ2v) is 9.95. The van der Waals surface area contributed by atoms with Gasteiger partial charge >= 0.3 is 0 Å². The first kappa shape index (κ1) is 22.2. The Kier molecular flexibility index (Phi) is 7.57. The maximum atomic E-state index is 12.7. The molecular weight excluding hydrogens is 428 g/mol. The molecule has 2 aromatic rings. The summed E-state index contributed by atoms with van der Waals surface area (Å²) in [6.07, 6.45) is 8.39. The molecule has 1 atom stereocenters. The molecule has 0 spiro atoms. The van der Waals surface area contributed by atoms with Gasteiger partial charge in [0.05, 0.1) is 5.75 Å². The van der Waals surface area contributed by atoms with Crippen LogP contribution < -0.4 is 5.32 Å². The number of amides is 2. The summed E-state index contributed by atoms with van der Waals surface area (Å²) in [5.74, 6) is 0.615. The summed E-state index contributed by atoms with van der Waals surface area (Å²) >= 11 is 7.61. The Hall–Kier alpha value is -1.98. The van der Waals surface area contributed by atoms with Crippen molar-refractivity contribution in [1.82, 2.24) is 10.2 Å². The summed E-state index contributed by atoms with van der Waals surface area (Å²) in [7, 11) is 0. The van der Waals surface area contributed by atoms with Crippen molar-refractivity contribution >= 4 is 35.2 Å². The monoisotopic (exact) mass is 456 g/mol. The van der Waals surface area contributed by atoms with Crippen molar-refractivity contribution in [3.05, 3.63) is 70.2 Å². The first-order valence-electron chi connectivity index (χ1n) is 11.2. The van der Waals surface area contributed by atoms with Gasteiger partial charge in [-0.3, -0.25) is 9.59 Å². The van der Waals surface area contributed by atoms with Crippen molar-refractivity contribution in [2.45, 2.75) is 62.9 Å². The van der Waals surface area contributed by atoms with E-state index >= 15 is 0 Å². The first-order chi connectivity index (χ1) is 15.1. The van der Waals surface area contributed by atoms with Crippen LogP contribution in [-0.2, 0) is 11.3 Å². The number of nitrogens with zero attached hydrogens (tertiary/aromatic N) is 1. The highest BCUT2D eigenvalue weighted by molar-refractivity contribution is 8.00. The standard InChI is InChI=1S/C25H29ClN2O2S/c26-21-14-8-18(9-15-21)16-28-23(29)17-31-25(28)20-12-10-19(11-13-20)24(30)27-22-6-4-2-1-3-5-7-22/h8-15,22,25H,1-7,16-17H2,(H,27,30)/t25-/m0/s1. The smallest absolute Gasteiger partial charge is 0.251 e. The Labute approximate surface area is 193 Å². The van der Waals surface area contributed by atoms with E-state index in [2.05, 4.69) is 5.32 Å². The minimum atomic E-state index is -0.0362. The number of carbonyl (C=O) groups excluding carboxylic acids is 2. The third-order valence-corrected chi connectivity index (χ3v) is 7.64.